The van der Waals surface area contributed by atoms with Crippen molar-refractivity contribution in [2.45, 2.75) is 12.6 Å². The summed E-state index contributed by atoms with van der Waals surface area (Å²) in [5, 5.41) is 3.08. The fourth-order valence-electron chi connectivity index (χ4n) is 2.26. The monoisotopic (exact) mass is 298 g/mol. The fourth-order valence-corrected chi connectivity index (χ4v) is 2.26. The van der Waals surface area contributed by atoms with Crippen molar-refractivity contribution in [3.8, 4) is 0 Å². The van der Waals surface area contributed by atoms with Gasteiger partial charge < -0.3 is 16.0 Å². The first-order valence-corrected chi connectivity index (χ1v) is 7.25. The molecule has 0 fully saturated rings. The van der Waals surface area contributed by atoms with Crippen molar-refractivity contribution in [1.82, 2.24) is 15.2 Å². The van der Waals surface area contributed by atoms with E-state index in [0.29, 0.717) is 17.8 Å². The van der Waals surface area contributed by atoms with Crippen molar-refractivity contribution in [2.24, 2.45) is 5.73 Å². The molecule has 2 rings (SSSR count). The summed E-state index contributed by atoms with van der Waals surface area (Å²) in [7, 11) is 3.97. The van der Waals surface area contributed by atoms with Gasteiger partial charge in [0.2, 0.25) is 0 Å². The second kappa shape index (κ2) is 7.68. The molecule has 0 aliphatic heterocycles. The molecule has 2 aromatic rings. The highest BCUT2D eigenvalue weighted by molar-refractivity contribution is 5.94. The van der Waals surface area contributed by atoms with Crippen LogP contribution in [0.2, 0.25) is 0 Å². The van der Waals surface area contributed by atoms with Crippen molar-refractivity contribution in [3.05, 3.63) is 65.5 Å². The van der Waals surface area contributed by atoms with Gasteiger partial charge >= 0.3 is 0 Å². The van der Waals surface area contributed by atoms with E-state index >= 15 is 0 Å². The number of rotatable bonds is 6. The fraction of sp³-hybridized carbons (Fsp3) is 0.294. The van der Waals surface area contributed by atoms with E-state index < -0.39 is 0 Å². The average molecular weight is 298 g/mol. The third kappa shape index (κ3) is 4.38. The second-order valence-electron chi connectivity index (χ2n) is 5.44. The van der Waals surface area contributed by atoms with Gasteiger partial charge in [0, 0.05) is 24.8 Å². The normalized spacial score (nSPS) is 12.2. The van der Waals surface area contributed by atoms with Gasteiger partial charge in [0.25, 0.3) is 5.91 Å². The number of pyridine rings is 1. The molecule has 1 amide bonds. The highest BCUT2D eigenvalue weighted by Crippen LogP contribution is 2.14. The Morgan fingerprint density at radius 1 is 1.27 bits per heavy atom. The minimum atomic E-state index is -0.118. The van der Waals surface area contributed by atoms with E-state index in [4.69, 9.17) is 5.73 Å². The van der Waals surface area contributed by atoms with Crippen molar-refractivity contribution in [1.29, 1.82) is 0 Å². The second-order valence-corrected chi connectivity index (χ2v) is 5.44. The van der Waals surface area contributed by atoms with Crippen molar-refractivity contribution < 1.29 is 4.79 Å². The van der Waals surface area contributed by atoms with Crippen LogP contribution in [0.25, 0.3) is 0 Å². The Morgan fingerprint density at radius 2 is 2.00 bits per heavy atom. The van der Waals surface area contributed by atoms with E-state index in [0.717, 1.165) is 12.1 Å². The number of nitrogens with zero attached hydrogens (tertiary/aromatic N) is 2. The Kier molecular flexibility index (Phi) is 5.63. The zero-order chi connectivity index (χ0) is 15.9. The number of nitrogens with one attached hydrogen (secondary N) is 1. The Balaban J connectivity index is 2.17. The number of amides is 1. The summed E-state index contributed by atoms with van der Waals surface area (Å²) in [5.41, 5.74) is 7.94. The van der Waals surface area contributed by atoms with Crippen LogP contribution in [0.3, 0.4) is 0 Å². The predicted octanol–water partition coefficient (Wildman–Crippen LogP) is 1.57. The molecule has 5 heteroatoms. The van der Waals surface area contributed by atoms with E-state index in [2.05, 4.69) is 15.2 Å². The van der Waals surface area contributed by atoms with E-state index in [9.17, 15) is 4.79 Å². The number of hydrogen-bond acceptors (Lipinski definition) is 4. The first-order valence-electron chi connectivity index (χ1n) is 7.25. The number of hydrogen-bond donors (Lipinski definition) is 2. The van der Waals surface area contributed by atoms with E-state index in [-0.39, 0.29) is 11.9 Å². The van der Waals surface area contributed by atoms with Crippen LogP contribution >= 0.6 is 0 Å². The molecule has 0 aliphatic carbocycles. The number of nitrogens with two attached hydrogens (primary N) is 1. The number of carbonyl (C=O) groups excluding carboxylic acids is 1. The lowest BCUT2D eigenvalue weighted by atomic mass is 10.1. The zero-order valence-corrected chi connectivity index (χ0v) is 13.0. The van der Waals surface area contributed by atoms with Crippen LogP contribution in [0.4, 0.5) is 0 Å². The van der Waals surface area contributed by atoms with Gasteiger partial charge in [-0.05, 0) is 31.8 Å². The minimum absolute atomic E-state index is 0.0711. The Bertz CT molecular complexity index is 613. The van der Waals surface area contributed by atoms with Crippen LogP contribution in [0.1, 0.15) is 27.7 Å². The van der Waals surface area contributed by atoms with E-state index in [1.807, 2.05) is 44.4 Å². The van der Waals surface area contributed by atoms with Gasteiger partial charge in [-0.25, -0.2) is 0 Å². The topological polar surface area (TPSA) is 71.2 Å². The molecule has 0 radical (unpaired) electrons. The number of benzene rings is 1. The quantitative estimate of drug-likeness (QED) is 0.849. The van der Waals surface area contributed by atoms with Gasteiger partial charge in [-0.15, -0.1) is 0 Å². The molecular weight excluding hydrogens is 276 g/mol. The molecule has 116 valence electrons. The zero-order valence-electron chi connectivity index (χ0n) is 13.0. The maximum absolute atomic E-state index is 12.5. The Morgan fingerprint density at radius 3 is 2.64 bits per heavy atom. The summed E-state index contributed by atoms with van der Waals surface area (Å²) in [6.45, 7) is 1.05. The smallest absolute Gasteiger partial charge is 0.251 e. The summed E-state index contributed by atoms with van der Waals surface area (Å²) in [5.74, 6) is -0.118. The molecule has 0 bridgehead atoms. The summed E-state index contributed by atoms with van der Waals surface area (Å²) in [4.78, 5) is 18.6. The van der Waals surface area contributed by atoms with E-state index in [1.165, 1.54) is 0 Å². The van der Waals surface area contributed by atoms with Crippen molar-refractivity contribution >= 4 is 5.91 Å². The third-order valence-electron chi connectivity index (χ3n) is 3.34. The molecule has 1 atom stereocenters. The molecule has 1 heterocycles. The molecule has 1 unspecified atom stereocenters. The predicted molar refractivity (Wildman–Crippen MR) is 87.3 cm³/mol. The molecule has 0 saturated heterocycles. The first kappa shape index (κ1) is 16.1. The first-order chi connectivity index (χ1) is 10.6. The number of carbonyl (C=O) groups is 1. The summed E-state index contributed by atoms with van der Waals surface area (Å²) >= 11 is 0. The molecule has 1 aromatic heterocycles. The molecule has 5 nitrogen and oxygen atoms in total. The summed E-state index contributed by atoms with van der Waals surface area (Å²) in [6, 6.07) is 13.3. The Hall–Kier alpha value is -2.24. The highest BCUT2D eigenvalue weighted by atomic mass is 16.1. The molecule has 22 heavy (non-hydrogen) atoms. The lowest BCUT2D eigenvalue weighted by Crippen LogP contribution is -2.35. The average Bonchev–Trinajstić information content (AvgIpc) is 2.54. The molecule has 1 aromatic carbocycles. The van der Waals surface area contributed by atoms with Crippen LogP contribution in [0.5, 0.6) is 0 Å². The standard InChI is InChI=1S/C17H22N4O/c1-21(2)12-16(13-6-4-3-5-7-13)20-17(22)14-8-9-19-15(10-14)11-18/h3-10,16H,11-12,18H2,1-2H3,(H,20,22). The minimum Gasteiger partial charge on any atom is -0.344 e. The third-order valence-corrected chi connectivity index (χ3v) is 3.34. The summed E-state index contributed by atoms with van der Waals surface area (Å²) < 4.78 is 0. The number of likely N-dealkylation sites (N-methyl/N-ethyl adjacent to an activating group) is 1. The van der Waals surface area contributed by atoms with Gasteiger partial charge in [0.15, 0.2) is 0 Å². The van der Waals surface area contributed by atoms with E-state index in [1.54, 1.807) is 18.3 Å². The van der Waals surface area contributed by atoms with Gasteiger partial charge in [-0.1, -0.05) is 30.3 Å². The van der Waals surface area contributed by atoms with Crippen LogP contribution in [-0.2, 0) is 6.54 Å². The largest absolute Gasteiger partial charge is 0.344 e. The highest BCUT2D eigenvalue weighted by Gasteiger charge is 2.16. The van der Waals surface area contributed by atoms with Gasteiger partial charge in [0.1, 0.15) is 0 Å². The molecule has 0 aliphatic rings. The maximum Gasteiger partial charge on any atom is 0.251 e. The van der Waals surface area contributed by atoms with Crippen LogP contribution in [0.15, 0.2) is 48.7 Å². The van der Waals surface area contributed by atoms with Gasteiger partial charge in [-0.3, -0.25) is 9.78 Å². The molecule has 3 N–H and O–H groups in total. The summed E-state index contributed by atoms with van der Waals surface area (Å²) in [6.07, 6.45) is 1.61. The van der Waals surface area contributed by atoms with Gasteiger partial charge in [0.05, 0.1) is 11.7 Å². The SMILES string of the molecule is CN(C)CC(NC(=O)c1ccnc(CN)c1)c1ccccc1. The lowest BCUT2D eigenvalue weighted by molar-refractivity contribution is 0.0929. The molecular formula is C17H22N4O. The Labute approximate surface area is 131 Å². The van der Waals surface area contributed by atoms with Gasteiger partial charge in [-0.2, -0.15) is 0 Å². The lowest BCUT2D eigenvalue weighted by Gasteiger charge is -2.23. The molecule has 0 saturated carbocycles. The van der Waals surface area contributed by atoms with Crippen LogP contribution in [-0.4, -0.2) is 36.4 Å². The maximum atomic E-state index is 12.5. The van der Waals surface area contributed by atoms with Crippen molar-refractivity contribution in [3.63, 3.8) is 0 Å². The van der Waals surface area contributed by atoms with Crippen LogP contribution < -0.4 is 11.1 Å². The number of aromatic nitrogens is 1. The van der Waals surface area contributed by atoms with Crippen LogP contribution in [0, 0.1) is 0 Å². The molecule has 0 spiro atoms. The van der Waals surface area contributed by atoms with Crippen molar-refractivity contribution in [2.75, 3.05) is 20.6 Å².